The van der Waals surface area contributed by atoms with Crippen LogP contribution in [0.2, 0.25) is 0 Å². The van der Waals surface area contributed by atoms with Gasteiger partial charge in [-0.3, -0.25) is 9.78 Å². The van der Waals surface area contributed by atoms with Crippen LogP contribution in [-0.4, -0.2) is 30.6 Å². The van der Waals surface area contributed by atoms with Crippen LogP contribution in [-0.2, 0) is 16.8 Å². The summed E-state index contributed by atoms with van der Waals surface area (Å²) in [7, 11) is 0. The molecule has 31 heavy (non-hydrogen) atoms. The summed E-state index contributed by atoms with van der Waals surface area (Å²) in [6, 6.07) is 17.5. The number of rotatable bonds is 7. The van der Waals surface area contributed by atoms with Crippen molar-refractivity contribution < 1.29 is 18.7 Å². The van der Waals surface area contributed by atoms with Gasteiger partial charge in [-0.1, -0.05) is 24.3 Å². The predicted molar refractivity (Wildman–Crippen MR) is 115 cm³/mol. The number of nitrogens with one attached hydrogen (secondary N) is 1. The monoisotopic (exact) mass is 420 g/mol. The second-order valence-corrected chi connectivity index (χ2v) is 7.76. The zero-order valence-electron chi connectivity index (χ0n) is 17.2. The van der Waals surface area contributed by atoms with Crippen LogP contribution >= 0.6 is 0 Å². The van der Waals surface area contributed by atoms with Gasteiger partial charge in [0.2, 0.25) is 0 Å². The summed E-state index contributed by atoms with van der Waals surface area (Å²) in [4.78, 5) is 16.9. The molecule has 2 aromatic carbocycles. The molecule has 1 aromatic heterocycles. The molecule has 1 fully saturated rings. The summed E-state index contributed by atoms with van der Waals surface area (Å²) in [5.41, 5.74) is 2.02. The molecule has 1 aliphatic rings. The second-order valence-electron chi connectivity index (χ2n) is 7.76. The molecule has 0 atom stereocenters. The third-order valence-corrected chi connectivity index (χ3v) is 5.70. The van der Waals surface area contributed by atoms with Gasteiger partial charge in [0.05, 0.1) is 0 Å². The average Bonchev–Trinajstić information content (AvgIpc) is 2.83. The fraction of sp³-hybridized carbons (Fsp3) is 0.280. The van der Waals surface area contributed by atoms with Crippen molar-refractivity contribution in [3.8, 4) is 5.75 Å². The summed E-state index contributed by atoms with van der Waals surface area (Å²) in [5.74, 6) is 0.157. The van der Waals surface area contributed by atoms with Crippen molar-refractivity contribution in [2.45, 2.75) is 24.9 Å². The Kier molecular flexibility index (Phi) is 6.57. The van der Waals surface area contributed by atoms with Crippen molar-refractivity contribution in [1.82, 2.24) is 10.3 Å². The molecule has 1 amide bonds. The highest BCUT2D eigenvalue weighted by atomic mass is 19.1. The Balaban J connectivity index is 1.43. The molecule has 0 bridgehead atoms. The summed E-state index contributed by atoms with van der Waals surface area (Å²) >= 11 is 0. The molecule has 1 N–H and O–H groups in total. The lowest BCUT2D eigenvalue weighted by Gasteiger charge is -2.38. The molecule has 3 aromatic rings. The molecule has 1 aliphatic heterocycles. The number of amides is 1. The largest absolute Gasteiger partial charge is 0.489 e. The molecule has 2 heterocycles. The van der Waals surface area contributed by atoms with E-state index in [1.54, 1.807) is 42.7 Å². The minimum Gasteiger partial charge on any atom is -0.489 e. The van der Waals surface area contributed by atoms with Crippen LogP contribution in [0.15, 0.2) is 73.1 Å². The van der Waals surface area contributed by atoms with Gasteiger partial charge in [-0.15, -0.1) is 0 Å². The number of pyridine rings is 1. The second kappa shape index (κ2) is 9.71. The highest BCUT2D eigenvalue weighted by Gasteiger charge is 2.35. The van der Waals surface area contributed by atoms with Gasteiger partial charge in [0, 0.05) is 48.7 Å². The first kappa shape index (κ1) is 21.0. The molecule has 4 rings (SSSR count). The number of carbonyl (C=O) groups excluding carboxylic acids is 1. The van der Waals surface area contributed by atoms with Crippen molar-refractivity contribution in [1.29, 1.82) is 0 Å². The Morgan fingerprint density at radius 2 is 1.94 bits per heavy atom. The fourth-order valence-corrected chi connectivity index (χ4v) is 3.88. The maximum Gasteiger partial charge on any atom is 0.251 e. The highest BCUT2D eigenvalue weighted by Crippen LogP contribution is 2.34. The third kappa shape index (κ3) is 5.27. The van der Waals surface area contributed by atoms with Gasteiger partial charge >= 0.3 is 0 Å². The van der Waals surface area contributed by atoms with Crippen LogP contribution in [0.1, 0.15) is 34.3 Å². The van der Waals surface area contributed by atoms with Gasteiger partial charge in [0.25, 0.3) is 5.91 Å². The quantitative estimate of drug-likeness (QED) is 0.620. The smallest absolute Gasteiger partial charge is 0.251 e. The molecule has 0 saturated carbocycles. The third-order valence-electron chi connectivity index (χ3n) is 5.70. The van der Waals surface area contributed by atoms with Gasteiger partial charge in [0.15, 0.2) is 0 Å². The van der Waals surface area contributed by atoms with Crippen molar-refractivity contribution in [3.05, 3.63) is 95.6 Å². The topological polar surface area (TPSA) is 60.5 Å². The number of carbonyl (C=O) groups is 1. The van der Waals surface area contributed by atoms with E-state index in [-0.39, 0.29) is 17.1 Å². The molecule has 0 aliphatic carbocycles. The summed E-state index contributed by atoms with van der Waals surface area (Å²) < 4.78 is 25.2. The molecule has 5 nitrogen and oxygen atoms in total. The van der Waals surface area contributed by atoms with E-state index < -0.39 is 0 Å². The van der Waals surface area contributed by atoms with Crippen LogP contribution in [0.25, 0.3) is 0 Å². The maximum atomic E-state index is 13.9. The Hall–Kier alpha value is -3.25. The number of hydrogen-bond donors (Lipinski definition) is 1. The standard InChI is InChI=1S/C25H25FN2O3/c26-22-7-2-6-21(15-22)25(9-12-30-13-10-25)18-28-24(29)20-5-1-8-23(14-20)31-17-19-4-3-11-27-16-19/h1-8,11,14-16H,9-10,12-13,17-18H2,(H,28,29). The molecular formula is C25H25FN2O3. The average molecular weight is 420 g/mol. The zero-order valence-corrected chi connectivity index (χ0v) is 17.2. The van der Waals surface area contributed by atoms with Gasteiger partial charge in [-0.05, 0) is 54.8 Å². The van der Waals surface area contributed by atoms with E-state index in [1.807, 2.05) is 24.3 Å². The number of hydrogen-bond acceptors (Lipinski definition) is 4. The molecule has 160 valence electrons. The fourth-order valence-electron chi connectivity index (χ4n) is 3.88. The number of benzene rings is 2. The van der Waals surface area contributed by atoms with Crippen molar-refractivity contribution >= 4 is 5.91 Å². The Morgan fingerprint density at radius 3 is 2.71 bits per heavy atom. The lowest BCUT2D eigenvalue weighted by atomic mass is 9.74. The minimum absolute atomic E-state index is 0.186. The molecule has 1 saturated heterocycles. The zero-order chi connectivity index (χ0) is 21.5. The first-order valence-corrected chi connectivity index (χ1v) is 10.4. The van der Waals surface area contributed by atoms with E-state index >= 15 is 0 Å². The normalized spacial score (nSPS) is 15.3. The maximum absolute atomic E-state index is 13.9. The SMILES string of the molecule is O=C(NCC1(c2cccc(F)c2)CCOCC1)c1cccc(OCc2cccnc2)c1. The van der Waals surface area contributed by atoms with E-state index in [1.165, 1.54) is 6.07 Å². The lowest BCUT2D eigenvalue weighted by molar-refractivity contribution is 0.0486. The van der Waals surface area contributed by atoms with Crippen LogP contribution in [0.3, 0.4) is 0 Å². The molecule has 0 radical (unpaired) electrons. The molecule has 0 unspecified atom stereocenters. The van der Waals surface area contributed by atoms with Gasteiger partial charge < -0.3 is 14.8 Å². The van der Waals surface area contributed by atoms with Crippen LogP contribution in [0.4, 0.5) is 4.39 Å². The first-order valence-electron chi connectivity index (χ1n) is 10.4. The Bertz CT molecular complexity index is 1020. The molecular weight excluding hydrogens is 395 g/mol. The van der Waals surface area contributed by atoms with E-state index in [2.05, 4.69) is 10.3 Å². The van der Waals surface area contributed by atoms with E-state index in [0.717, 1.165) is 24.0 Å². The highest BCUT2D eigenvalue weighted by molar-refractivity contribution is 5.94. The molecule has 0 spiro atoms. The summed E-state index contributed by atoms with van der Waals surface area (Å²) in [5, 5.41) is 3.05. The number of halogens is 1. The van der Waals surface area contributed by atoms with Crippen LogP contribution in [0.5, 0.6) is 5.75 Å². The van der Waals surface area contributed by atoms with Crippen LogP contribution < -0.4 is 10.1 Å². The minimum atomic E-state index is -0.343. The van der Waals surface area contributed by atoms with E-state index in [0.29, 0.717) is 37.7 Å². The van der Waals surface area contributed by atoms with Gasteiger partial charge in [0.1, 0.15) is 18.2 Å². The van der Waals surface area contributed by atoms with Gasteiger partial charge in [-0.2, -0.15) is 0 Å². The van der Waals surface area contributed by atoms with Crippen molar-refractivity contribution in [2.75, 3.05) is 19.8 Å². The van der Waals surface area contributed by atoms with Crippen molar-refractivity contribution in [2.24, 2.45) is 0 Å². The van der Waals surface area contributed by atoms with E-state index in [4.69, 9.17) is 9.47 Å². The lowest BCUT2D eigenvalue weighted by Crippen LogP contribution is -2.44. The van der Waals surface area contributed by atoms with E-state index in [9.17, 15) is 9.18 Å². The number of ether oxygens (including phenoxy) is 2. The first-order chi connectivity index (χ1) is 15.1. The van der Waals surface area contributed by atoms with Crippen molar-refractivity contribution in [3.63, 3.8) is 0 Å². The predicted octanol–water partition coefficient (Wildman–Crippen LogP) is 4.28. The van der Waals surface area contributed by atoms with Gasteiger partial charge in [-0.25, -0.2) is 4.39 Å². The Labute approximate surface area is 181 Å². The Morgan fingerprint density at radius 1 is 1.10 bits per heavy atom. The molecule has 6 heteroatoms. The number of nitrogens with zero attached hydrogens (tertiary/aromatic N) is 1. The summed E-state index contributed by atoms with van der Waals surface area (Å²) in [6.45, 7) is 1.97. The van der Waals surface area contributed by atoms with Crippen LogP contribution in [0, 0.1) is 5.82 Å². The number of aromatic nitrogens is 1. The summed E-state index contributed by atoms with van der Waals surface area (Å²) in [6.07, 6.45) is 4.91.